The molecule has 0 radical (unpaired) electrons. The second-order valence-corrected chi connectivity index (χ2v) is 4.22. The standard InChI is InChI=1S/C16H13N3/c1-2-7-16-13(5-1)8-9-15(19-16)12-17-11-14-6-3-4-10-18-14/h1-10,12H,11H2. The maximum atomic E-state index is 4.54. The number of nitrogens with zero attached hydrogens (tertiary/aromatic N) is 3. The Kier molecular flexibility index (Phi) is 3.28. The monoisotopic (exact) mass is 247 g/mol. The third kappa shape index (κ3) is 2.83. The van der Waals surface area contributed by atoms with E-state index in [1.165, 1.54) is 0 Å². The summed E-state index contributed by atoms with van der Waals surface area (Å²) in [4.78, 5) is 13.1. The second kappa shape index (κ2) is 5.40. The molecule has 0 saturated heterocycles. The van der Waals surface area contributed by atoms with Gasteiger partial charge in [0.25, 0.3) is 0 Å². The Morgan fingerprint density at radius 1 is 0.947 bits per heavy atom. The third-order valence-corrected chi connectivity index (χ3v) is 2.82. The minimum absolute atomic E-state index is 0.579. The van der Waals surface area contributed by atoms with E-state index in [9.17, 15) is 0 Å². The van der Waals surface area contributed by atoms with Gasteiger partial charge in [-0.2, -0.15) is 0 Å². The Labute approximate surface area is 111 Å². The minimum atomic E-state index is 0.579. The van der Waals surface area contributed by atoms with Gasteiger partial charge in [0, 0.05) is 17.8 Å². The van der Waals surface area contributed by atoms with Crippen molar-refractivity contribution >= 4 is 17.1 Å². The van der Waals surface area contributed by atoms with Crippen LogP contribution in [-0.4, -0.2) is 16.2 Å². The largest absolute Gasteiger partial charge is 0.285 e. The highest BCUT2D eigenvalue weighted by atomic mass is 14.8. The molecule has 0 amide bonds. The highest BCUT2D eigenvalue weighted by molar-refractivity contribution is 5.84. The van der Waals surface area contributed by atoms with Crippen LogP contribution in [-0.2, 0) is 6.54 Å². The van der Waals surface area contributed by atoms with Crippen molar-refractivity contribution in [3.63, 3.8) is 0 Å². The number of fused-ring (bicyclic) bond motifs is 1. The normalized spacial score (nSPS) is 11.2. The van der Waals surface area contributed by atoms with E-state index in [2.05, 4.69) is 27.1 Å². The number of benzene rings is 1. The summed E-state index contributed by atoms with van der Waals surface area (Å²) < 4.78 is 0. The topological polar surface area (TPSA) is 38.1 Å². The second-order valence-electron chi connectivity index (χ2n) is 4.22. The first kappa shape index (κ1) is 11.5. The van der Waals surface area contributed by atoms with Crippen LogP contribution < -0.4 is 0 Å². The molecule has 92 valence electrons. The van der Waals surface area contributed by atoms with Gasteiger partial charge in [-0.25, -0.2) is 4.98 Å². The van der Waals surface area contributed by atoms with E-state index in [0.717, 1.165) is 22.3 Å². The smallest absolute Gasteiger partial charge is 0.0815 e. The molecule has 3 aromatic rings. The molecular formula is C16H13N3. The molecule has 0 N–H and O–H groups in total. The van der Waals surface area contributed by atoms with E-state index in [4.69, 9.17) is 0 Å². The Morgan fingerprint density at radius 2 is 1.84 bits per heavy atom. The highest BCUT2D eigenvalue weighted by Crippen LogP contribution is 2.10. The van der Waals surface area contributed by atoms with E-state index in [1.807, 2.05) is 42.5 Å². The number of hydrogen-bond acceptors (Lipinski definition) is 3. The van der Waals surface area contributed by atoms with E-state index in [-0.39, 0.29) is 0 Å². The maximum absolute atomic E-state index is 4.54. The van der Waals surface area contributed by atoms with Crippen LogP contribution in [0.2, 0.25) is 0 Å². The molecule has 0 fully saturated rings. The molecule has 2 heterocycles. The van der Waals surface area contributed by atoms with Gasteiger partial charge in [-0.1, -0.05) is 30.3 Å². The molecule has 0 atom stereocenters. The molecule has 2 aromatic heterocycles. The number of hydrogen-bond donors (Lipinski definition) is 0. The minimum Gasteiger partial charge on any atom is -0.285 e. The van der Waals surface area contributed by atoms with E-state index in [1.54, 1.807) is 12.4 Å². The van der Waals surface area contributed by atoms with Crippen molar-refractivity contribution in [3.05, 3.63) is 72.2 Å². The highest BCUT2D eigenvalue weighted by Gasteiger charge is 1.95. The van der Waals surface area contributed by atoms with Gasteiger partial charge in [0.2, 0.25) is 0 Å². The van der Waals surface area contributed by atoms with Crippen LogP contribution in [0.3, 0.4) is 0 Å². The number of rotatable bonds is 3. The fourth-order valence-electron chi connectivity index (χ4n) is 1.88. The van der Waals surface area contributed by atoms with Crippen LogP contribution in [0, 0.1) is 0 Å². The van der Waals surface area contributed by atoms with Crippen molar-refractivity contribution in [1.29, 1.82) is 0 Å². The molecular weight excluding hydrogens is 234 g/mol. The summed E-state index contributed by atoms with van der Waals surface area (Å²) in [5, 5.41) is 1.14. The SMILES string of the molecule is C(=NCc1ccccn1)c1ccc2ccccc2n1. The molecule has 1 aromatic carbocycles. The zero-order valence-electron chi connectivity index (χ0n) is 10.4. The molecule has 0 unspecified atom stereocenters. The summed E-state index contributed by atoms with van der Waals surface area (Å²) in [6.45, 7) is 0.579. The molecule has 0 spiro atoms. The molecule has 3 rings (SSSR count). The molecule has 3 nitrogen and oxygen atoms in total. The first-order valence-corrected chi connectivity index (χ1v) is 6.17. The van der Waals surface area contributed by atoms with Crippen molar-refractivity contribution in [2.24, 2.45) is 4.99 Å². The first-order chi connectivity index (χ1) is 9.42. The summed E-state index contributed by atoms with van der Waals surface area (Å²) in [5.41, 5.74) is 2.82. The van der Waals surface area contributed by atoms with Gasteiger partial charge in [-0.3, -0.25) is 9.98 Å². The fourth-order valence-corrected chi connectivity index (χ4v) is 1.88. The van der Waals surface area contributed by atoms with Crippen LogP contribution in [0.1, 0.15) is 11.4 Å². The lowest BCUT2D eigenvalue weighted by atomic mass is 10.2. The zero-order chi connectivity index (χ0) is 12.9. The average molecular weight is 247 g/mol. The van der Waals surface area contributed by atoms with E-state index >= 15 is 0 Å². The molecule has 0 aliphatic rings. The summed E-state index contributed by atoms with van der Waals surface area (Å²) in [6.07, 6.45) is 3.57. The average Bonchev–Trinajstić information content (AvgIpc) is 2.48. The van der Waals surface area contributed by atoms with Gasteiger partial charge in [0.05, 0.1) is 23.4 Å². The number of aromatic nitrogens is 2. The molecule has 0 aliphatic carbocycles. The molecule has 0 bridgehead atoms. The molecule has 3 heteroatoms. The van der Waals surface area contributed by atoms with Gasteiger partial charge < -0.3 is 0 Å². The van der Waals surface area contributed by atoms with Gasteiger partial charge in [-0.05, 0) is 24.3 Å². The van der Waals surface area contributed by atoms with E-state index in [0.29, 0.717) is 6.54 Å². The summed E-state index contributed by atoms with van der Waals surface area (Å²) in [7, 11) is 0. The molecule has 19 heavy (non-hydrogen) atoms. The van der Waals surface area contributed by atoms with Gasteiger partial charge in [-0.15, -0.1) is 0 Å². The lowest BCUT2D eigenvalue weighted by molar-refractivity contribution is 0.994. The quantitative estimate of drug-likeness (QED) is 0.666. The Bertz CT molecular complexity index is 705. The Hall–Kier alpha value is -2.55. The van der Waals surface area contributed by atoms with Crippen LogP contribution in [0.5, 0.6) is 0 Å². The Morgan fingerprint density at radius 3 is 2.74 bits per heavy atom. The lowest BCUT2D eigenvalue weighted by Crippen LogP contribution is -1.90. The van der Waals surface area contributed by atoms with E-state index < -0.39 is 0 Å². The van der Waals surface area contributed by atoms with Gasteiger partial charge in [0.15, 0.2) is 0 Å². The van der Waals surface area contributed by atoms with Crippen molar-refractivity contribution in [2.75, 3.05) is 0 Å². The summed E-state index contributed by atoms with van der Waals surface area (Å²) in [5.74, 6) is 0. The summed E-state index contributed by atoms with van der Waals surface area (Å²) >= 11 is 0. The predicted molar refractivity (Wildman–Crippen MR) is 77.3 cm³/mol. The maximum Gasteiger partial charge on any atom is 0.0815 e. The third-order valence-electron chi connectivity index (χ3n) is 2.82. The number of pyridine rings is 2. The van der Waals surface area contributed by atoms with Crippen LogP contribution in [0.4, 0.5) is 0 Å². The van der Waals surface area contributed by atoms with Crippen molar-refractivity contribution < 1.29 is 0 Å². The predicted octanol–water partition coefficient (Wildman–Crippen LogP) is 3.25. The molecule has 0 saturated carbocycles. The van der Waals surface area contributed by atoms with Crippen LogP contribution >= 0.6 is 0 Å². The van der Waals surface area contributed by atoms with Crippen LogP contribution in [0.15, 0.2) is 65.8 Å². The summed E-state index contributed by atoms with van der Waals surface area (Å²) in [6, 6.07) is 17.9. The fraction of sp³-hybridized carbons (Fsp3) is 0.0625. The van der Waals surface area contributed by atoms with Crippen molar-refractivity contribution in [3.8, 4) is 0 Å². The molecule has 0 aliphatic heterocycles. The van der Waals surface area contributed by atoms with Gasteiger partial charge in [0.1, 0.15) is 0 Å². The Balaban J connectivity index is 1.78. The zero-order valence-corrected chi connectivity index (χ0v) is 10.4. The van der Waals surface area contributed by atoms with Gasteiger partial charge >= 0.3 is 0 Å². The number of para-hydroxylation sites is 1. The van der Waals surface area contributed by atoms with Crippen LogP contribution in [0.25, 0.3) is 10.9 Å². The lowest BCUT2D eigenvalue weighted by Gasteiger charge is -1.98. The van der Waals surface area contributed by atoms with Crippen molar-refractivity contribution in [2.45, 2.75) is 6.54 Å². The first-order valence-electron chi connectivity index (χ1n) is 6.17. The number of aliphatic imine (C=N–C) groups is 1. The van der Waals surface area contributed by atoms with Crippen molar-refractivity contribution in [1.82, 2.24) is 9.97 Å².